The molecular formula is C16H14ClN3O2S. The summed E-state index contributed by atoms with van der Waals surface area (Å²) in [6.07, 6.45) is 0.713. The molecule has 118 valence electrons. The second-order valence-corrected chi connectivity index (χ2v) is 6.14. The van der Waals surface area contributed by atoms with Crippen LogP contribution in [0.15, 0.2) is 45.5 Å². The fourth-order valence-electron chi connectivity index (χ4n) is 2.01. The molecule has 0 aliphatic heterocycles. The van der Waals surface area contributed by atoms with Crippen LogP contribution in [0.4, 0.5) is 0 Å². The number of aryl methyl sites for hydroxylation is 1. The number of hydrogen-bond donors (Lipinski definition) is 1. The number of benzene rings is 1. The van der Waals surface area contributed by atoms with Crippen LogP contribution in [0, 0.1) is 0 Å². The Balaban J connectivity index is 1.47. The first kappa shape index (κ1) is 15.7. The first-order chi connectivity index (χ1) is 11.2. The van der Waals surface area contributed by atoms with E-state index in [-0.39, 0.29) is 5.91 Å². The Morgan fingerprint density at radius 1 is 1.30 bits per heavy atom. The van der Waals surface area contributed by atoms with Crippen LogP contribution in [0.1, 0.15) is 17.9 Å². The highest BCUT2D eigenvalue weighted by molar-refractivity contribution is 7.08. The molecule has 7 heteroatoms. The molecule has 2 heterocycles. The third-order valence-corrected chi connectivity index (χ3v) is 4.10. The minimum Gasteiger partial charge on any atom is -0.421 e. The Morgan fingerprint density at radius 3 is 3.00 bits per heavy atom. The van der Waals surface area contributed by atoms with Gasteiger partial charge in [-0.25, -0.2) is 0 Å². The summed E-state index contributed by atoms with van der Waals surface area (Å²) in [6.45, 7) is 0.448. The van der Waals surface area contributed by atoms with Gasteiger partial charge >= 0.3 is 0 Å². The van der Waals surface area contributed by atoms with Crippen molar-refractivity contribution in [2.45, 2.75) is 19.4 Å². The maximum atomic E-state index is 11.9. The lowest BCUT2D eigenvalue weighted by molar-refractivity contribution is -0.121. The number of nitrogens with one attached hydrogen (secondary N) is 1. The predicted octanol–water partition coefficient (Wildman–Crippen LogP) is 3.70. The number of carbonyl (C=O) groups is 1. The van der Waals surface area contributed by atoms with Crippen molar-refractivity contribution in [1.29, 1.82) is 0 Å². The molecule has 1 amide bonds. The number of nitrogens with zero attached hydrogens (tertiary/aromatic N) is 2. The molecule has 1 N–H and O–H groups in total. The molecule has 0 fully saturated rings. The highest BCUT2D eigenvalue weighted by Crippen LogP contribution is 2.20. The topological polar surface area (TPSA) is 68.0 Å². The molecule has 0 saturated carbocycles. The number of carbonyl (C=O) groups excluding carboxylic acids is 1. The Bertz CT molecular complexity index is 786. The van der Waals surface area contributed by atoms with E-state index in [1.807, 2.05) is 35.0 Å². The lowest BCUT2D eigenvalue weighted by Crippen LogP contribution is -2.23. The predicted molar refractivity (Wildman–Crippen MR) is 89.2 cm³/mol. The minimum atomic E-state index is -0.0692. The van der Waals surface area contributed by atoms with E-state index < -0.39 is 0 Å². The largest absolute Gasteiger partial charge is 0.421 e. The number of hydrogen-bond acceptors (Lipinski definition) is 5. The molecule has 1 aromatic carbocycles. The zero-order chi connectivity index (χ0) is 16.1. The summed E-state index contributed by atoms with van der Waals surface area (Å²) in [5.41, 5.74) is 1.86. The fourth-order valence-corrected chi connectivity index (χ4v) is 2.86. The van der Waals surface area contributed by atoms with E-state index in [0.717, 1.165) is 11.1 Å². The van der Waals surface area contributed by atoms with Crippen LogP contribution >= 0.6 is 22.9 Å². The number of rotatable bonds is 6. The highest BCUT2D eigenvalue weighted by atomic mass is 35.5. The second-order valence-electron chi connectivity index (χ2n) is 4.92. The number of thiophene rings is 1. The van der Waals surface area contributed by atoms with E-state index in [0.29, 0.717) is 36.2 Å². The molecule has 0 saturated heterocycles. The van der Waals surface area contributed by atoms with Crippen LogP contribution in [0.25, 0.3) is 11.5 Å². The molecule has 0 atom stereocenters. The van der Waals surface area contributed by atoms with Gasteiger partial charge in [0.25, 0.3) is 0 Å². The maximum absolute atomic E-state index is 11.9. The van der Waals surface area contributed by atoms with Gasteiger partial charge in [-0.3, -0.25) is 4.79 Å². The van der Waals surface area contributed by atoms with Crippen molar-refractivity contribution in [3.05, 3.63) is 57.6 Å². The third-order valence-electron chi connectivity index (χ3n) is 3.18. The molecule has 0 bridgehead atoms. The van der Waals surface area contributed by atoms with Crippen LogP contribution in [0.5, 0.6) is 0 Å². The normalized spacial score (nSPS) is 10.7. The molecule has 23 heavy (non-hydrogen) atoms. The molecule has 3 aromatic rings. The lowest BCUT2D eigenvalue weighted by Gasteiger charge is -2.04. The summed E-state index contributed by atoms with van der Waals surface area (Å²) in [6, 6.07) is 9.31. The van der Waals surface area contributed by atoms with Gasteiger partial charge in [0, 0.05) is 35.4 Å². The van der Waals surface area contributed by atoms with Crippen molar-refractivity contribution < 1.29 is 9.21 Å². The van der Waals surface area contributed by atoms with Crippen LogP contribution < -0.4 is 5.32 Å². The van der Waals surface area contributed by atoms with E-state index in [1.165, 1.54) is 0 Å². The summed E-state index contributed by atoms with van der Waals surface area (Å²) < 4.78 is 5.54. The van der Waals surface area contributed by atoms with E-state index in [9.17, 15) is 4.79 Å². The molecule has 0 spiro atoms. The summed E-state index contributed by atoms with van der Waals surface area (Å²) in [4.78, 5) is 11.9. The maximum Gasteiger partial charge on any atom is 0.248 e. The Labute approximate surface area is 142 Å². The van der Waals surface area contributed by atoms with Crippen molar-refractivity contribution in [2.75, 3.05) is 0 Å². The third kappa shape index (κ3) is 4.40. The SMILES string of the molecule is O=C(CCc1nnc(-c2ccsc2)o1)NCc1cccc(Cl)c1. The van der Waals surface area contributed by atoms with Gasteiger partial charge < -0.3 is 9.73 Å². The summed E-state index contributed by atoms with van der Waals surface area (Å²) in [7, 11) is 0. The van der Waals surface area contributed by atoms with Crippen molar-refractivity contribution >= 4 is 28.8 Å². The zero-order valence-corrected chi connectivity index (χ0v) is 13.7. The Hall–Kier alpha value is -2.18. The van der Waals surface area contributed by atoms with E-state index in [2.05, 4.69) is 15.5 Å². The molecule has 0 aliphatic carbocycles. The van der Waals surface area contributed by atoms with Crippen molar-refractivity contribution in [2.24, 2.45) is 0 Å². The van der Waals surface area contributed by atoms with Crippen molar-refractivity contribution in [3.8, 4) is 11.5 Å². The number of amides is 1. The lowest BCUT2D eigenvalue weighted by atomic mass is 10.2. The van der Waals surface area contributed by atoms with Crippen LogP contribution in [-0.4, -0.2) is 16.1 Å². The molecule has 2 aromatic heterocycles. The van der Waals surface area contributed by atoms with E-state index in [4.69, 9.17) is 16.0 Å². The second kappa shape index (κ2) is 7.39. The van der Waals surface area contributed by atoms with E-state index >= 15 is 0 Å². The molecular weight excluding hydrogens is 334 g/mol. The molecule has 0 aliphatic rings. The fraction of sp³-hybridized carbons (Fsp3) is 0.188. The first-order valence-corrected chi connectivity index (χ1v) is 8.39. The van der Waals surface area contributed by atoms with Gasteiger partial charge in [0.2, 0.25) is 17.7 Å². The average molecular weight is 348 g/mol. The van der Waals surface area contributed by atoms with Gasteiger partial charge in [0.15, 0.2) is 0 Å². The van der Waals surface area contributed by atoms with E-state index in [1.54, 1.807) is 17.4 Å². The average Bonchev–Trinajstić information content (AvgIpc) is 3.22. The zero-order valence-electron chi connectivity index (χ0n) is 12.2. The number of aromatic nitrogens is 2. The summed E-state index contributed by atoms with van der Waals surface area (Å²) >= 11 is 7.47. The van der Waals surface area contributed by atoms with Crippen LogP contribution in [-0.2, 0) is 17.8 Å². The highest BCUT2D eigenvalue weighted by Gasteiger charge is 2.10. The van der Waals surface area contributed by atoms with Crippen molar-refractivity contribution in [3.63, 3.8) is 0 Å². The summed E-state index contributed by atoms with van der Waals surface area (Å²) in [5, 5.41) is 15.3. The number of halogens is 1. The van der Waals surface area contributed by atoms with Gasteiger partial charge in [0.05, 0.1) is 0 Å². The smallest absolute Gasteiger partial charge is 0.248 e. The van der Waals surface area contributed by atoms with Gasteiger partial charge in [-0.15, -0.1) is 10.2 Å². The molecule has 3 rings (SSSR count). The first-order valence-electron chi connectivity index (χ1n) is 7.07. The Kier molecular flexibility index (Phi) is 5.05. The van der Waals surface area contributed by atoms with Gasteiger partial charge in [-0.2, -0.15) is 11.3 Å². The Morgan fingerprint density at radius 2 is 2.22 bits per heavy atom. The molecule has 5 nitrogen and oxygen atoms in total. The minimum absolute atomic E-state index is 0.0692. The summed E-state index contributed by atoms with van der Waals surface area (Å²) in [5.74, 6) is 0.880. The van der Waals surface area contributed by atoms with Gasteiger partial charge in [0.1, 0.15) is 0 Å². The standard InChI is InChI=1S/C16H14ClN3O2S/c17-13-3-1-2-11(8-13)9-18-14(21)4-5-15-19-20-16(22-15)12-6-7-23-10-12/h1-3,6-8,10H,4-5,9H2,(H,18,21). The van der Waals surface area contributed by atoms with Crippen molar-refractivity contribution in [1.82, 2.24) is 15.5 Å². The monoisotopic (exact) mass is 347 g/mol. The van der Waals surface area contributed by atoms with Gasteiger partial charge in [-0.05, 0) is 29.1 Å². The van der Waals surface area contributed by atoms with Crippen LogP contribution in [0.2, 0.25) is 5.02 Å². The quantitative estimate of drug-likeness (QED) is 0.738. The van der Waals surface area contributed by atoms with Gasteiger partial charge in [-0.1, -0.05) is 23.7 Å². The molecule has 0 unspecified atom stereocenters. The molecule has 0 radical (unpaired) electrons. The van der Waals surface area contributed by atoms with Crippen LogP contribution in [0.3, 0.4) is 0 Å².